The molecule has 172 valence electrons. The summed E-state index contributed by atoms with van der Waals surface area (Å²) in [4.78, 5) is 27.6. The molecular formula is C27H35O4P. The maximum atomic E-state index is 13.8. The van der Waals surface area contributed by atoms with Crippen LogP contribution in [-0.4, -0.2) is 36.7 Å². The van der Waals surface area contributed by atoms with Gasteiger partial charge in [-0.1, -0.05) is 35.4 Å². The Kier molecular flexibility index (Phi) is 8.38. The number of hydrogen-bond acceptors (Lipinski definition) is 4. The maximum absolute atomic E-state index is 13.8. The first kappa shape index (κ1) is 24.8. The van der Waals surface area contributed by atoms with Crippen molar-refractivity contribution in [2.45, 2.75) is 67.1 Å². The van der Waals surface area contributed by atoms with E-state index >= 15 is 0 Å². The van der Waals surface area contributed by atoms with E-state index in [1.54, 1.807) is 0 Å². The van der Waals surface area contributed by atoms with Gasteiger partial charge in [-0.25, -0.2) is 0 Å². The van der Waals surface area contributed by atoms with Crippen molar-refractivity contribution >= 4 is 19.0 Å². The molecule has 0 amide bonds. The Morgan fingerprint density at radius 1 is 0.844 bits per heavy atom. The highest BCUT2D eigenvalue weighted by Gasteiger charge is 2.32. The van der Waals surface area contributed by atoms with Gasteiger partial charge in [0, 0.05) is 31.8 Å². The number of aryl methyl sites for hydroxylation is 6. The van der Waals surface area contributed by atoms with Gasteiger partial charge in [-0.2, -0.15) is 0 Å². The molecule has 0 radical (unpaired) electrons. The van der Waals surface area contributed by atoms with Crippen molar-refractivity contribution in [1.82, 2.24) is 0 Å². The molecule has 2 aromatic rings. The lowest BCUT2D eigenvalue weighted by atomic mass is 10.0. The Bertz CT molecular complexity index is 889. The van der Waals surface area contributed by atoms with Crippen molar-refractivity contribution in [3.63, 3.8) is 0 Å². The molecule has 1 aliphatic heterocycles. The average Bonchev–Trinajstić information content (AvgIpc) is 2.70. The van der Waals surface area contributed by atoms with E-state index in [-0.39, 0.29) is 17.3 Å². The summed E-state index contributed by atoms with van der Waals surface area (Å²) in [7, 11) is -1.60. The molecule has 0 spiro atoms. The van der Waals surface area contributed by atoms with Gasteiger partial charge in [0.25, 0.3) is 0 Å². The second kappa shape index (κ2) is 10.8. The first-order valence-corrected chi connectivity index (χ1v) is 13.0. The topological polar surface area (TPSA) is 52.6 Å². The van der Waals surface area contributed by atoms with Crippen LogP contribution in [0.1, 0.15) is 73.4 Å². The zero-order valence-electron chi connectivity index (χ0n) is 20.2. The van der Waals surface area contributed by atoms with Crippen molar-refractivity contribution in [2.24, 2.45) is 0 Å². The Labute approximate surface area is 193 Å². The van der Waals surface area contributed by atoms with Crippen LogP contribution < -0.4 is 0 Å². The van der Waals surface area contributed by atoms with Crippen LogP contribution in [0.2, 0.25) is 0 Å². The third-order valence-corrected chi connectivity index (χ3v) is 8.09. The van der Waals surface area contributed by atoms with E-state index in [1.807, 2.05) is 65.8 Å². The molecule has 32 heavy (non-hydrogen) atoms. The Morgan fingerprint density at radius 2 is 1.31 bits per heavy atom. The summed E-state index contributed by atoms with van der Waals surface area (Å²) in [6.07, 6.45) is 3.19. The van der Waals surface area contributed by atoms with Gasteiger partial charge in [0.1, 0.15) is 0 Å². The predicted molar refractivity (Wildman–Crippen MR) is 131 cm³/mol. The smallest absolute Gasteiger partial charge is 0.192 e. The molecule has 2 aromatic carbocycles. The maximum Gasteiger partial charge on any atom is 0.192 e. The van der Waals surface area contributed by atoms with Crippen LogP contribution in [0, 0.1) is 41.5 Å². The van der Waals surface area contributed by atoms with Crippen molar-refractivity contribution in [1.29, 1.82) is 0 Å². The summed E-state index contributed by atoms with van der Waals surface area (Å²) in [5.74, 6) is 0. The van der Waals surface area contributed by atoms with Crippen LogP contribution in [0.5, 0.6) is 0 Å². The number of benzene rings is 2. The normalized spacial score (nSPS) is 16.4. The number of carbonyl (C=O) groups excluding carboxylic acids is 2. The fourth-order valence-corrected chi connectivity index (χ4v) is 6.84. The highest BCUT2D eigenvalue weighted by molar-refractivity contribution is 7.90. The first-order valence-electron chi connectivity index (χ1n) is 11.4. The fourth-order valence-electron chi connectivity index (χ4n) is 4.72. The summed E-state index contributed by atoms with van der Waals surface area (Å²) in [6, 6.07) is 8.08. The minimum Gasteiger partial charge on any atom is -0.353 e. The molecule has 0 saturated carbocycles. The molecule has 4 nitrogen and oxygen atoms in total. The minimum absolute atomic E-state index is 0.0486. The molecule has 1 aliphatic rings. The van der Waals surface area contributed by atoms with Gasteiger partial charge in [0.15, 0.2) is 17.3 Å². The quantitative estimate of drug-likeness (QED) is 0.425. The van der Waals surface area contributed by atoms with Crippen LogP contribution in [0.25, 0.3) is 0 Å². The van der Waals surface area contributed by atoms with Gasteiger partial charge in [0.2, 0.25) is 0 Å². The van der Waals surface area contributed by atoms with Gasteiger partial charge >= 0.3 is 0 Å². The lowest BCUT2D eigenvalue weighted by molar-refractivity contribution is -0.158. The zero-order chi connectivity index (χ0) is 23.4. The van der Waals surface area contributed by atoms with Gasteiger partial charge in [-0.3, -0.25) is 9.59 Å². The minimum atomic E-state index is -1.60. The summed E-state index contributed by atoms with van der Waals surface area (Å²) in [5.41, 5.74) is 7.25. The molecule has 0 aliphatic carbocycles. The second-order valence-corrected chi connectivity index (χ2v) is 11.1. The standard InChI is InChI=1S/C27H35O4P/c1-17-13-19(3)24(20(4)14-17)26(28)32(12-11-31-23-9-7-8-10-30-23)27(29)25-21(5)15-18(2)16-22(25)6/h13-16,23H,7-12H2,1-6H3. The molecule has 1 heterocycles. The van der Waals surface area contributed by atoms with Gasteiger partial charge < -0.3 is 9.47 Å². The summed E-state index contributed by atoms with van der Waals surface area (Å²) >= 11 is 0. The molecule has 0 bridgehead atoms. The second-order valence-electron chi connectivity index (χ2n) is 8.98. The number of hydrogen-bond donors (Lipinski definition) is 0. The third-order valence-electron chi connectivity index (χ3n) is 6.03. The van der Waals surface area contributed by atoms with E-state index in [0.717, 1.165) is 52.6 Å². The molecule has 1 atom stereocenters. The summed E-state index contributed by atoms with van der Waals surface area (Å²) in [6.45, 7) is 12.9. The average molecular weight is 455 g/mol. The third kappa shape index (κ3) is 5.73. The van der Waals surface area contributed by atoms with Crippen molar-refractivity contribution in [3.05, 3.63) is 68.8 Å². The van der Waals surface area contributed by atoms with E-state index in [2.05, 4.69) is 0 Å². The monoisotopic (exact) mass is 454 g/mol. The number of rotatable bonds is 8. The van der Waals surface area contributed by atoms with E-state index in [4.69, 9.17) is 9.47 Å². The van der Waals surface area contributed by atoms with E-state index in [0.29, 0.717) is 30.5 Å². The zero-order valence-corrected chi connectivity index (χ0v) is 21.1. The Hall–Kier alpha value is -1.87. The molecular weight excluding hydrogens is 419 g/mol. The van der Waals surface area contributed by atoms with Gasteiger partial charge in [-0.05, 0) is 83.1 Å². The fraction of sp³-hybridized carbons (Fsp3) is 0.481. The van der Waals surface area contributed by atoms with E-state index in [1.165, 1.54) is 0 Å². The highest BCUT2D eigenvalue weighted by Crippen LogP contribution is 2.45. The van der Waals surface area contributed by atoms with Crippen LogP contribution in [0.15, 0.2) is 24.3 Å². The summed E-state index contributed by atoms with van der Waals surface area (Å²) in [5, 5.41) is 0. The Balaban J connectivity index is 1.92. The van der Waals surface area contributed by atoms with E-state index in [9.17, 15) is 9.59 Å². The molecule has 0 N–H and O–H groups in total. The van der Waals surface area contributed by atoms with Crippen molar-refractivity contribution in [2.75, 3.05) is 19.4 Å². The number of ether oxygens (including phenoxy) is 2. The summed E-state index contributed by atoms with van der Waals surface area (Å²) < 4.78 is 11.6. The largest absolute Gasteiger partial charge is 0.353 e. The van der Waals surface area contributed by atoms with Crippen LogP contribution in [-0.2, 0) is 9.47 Å². The molecule has 1 saturated heterocycles. The highest BCUT2D eigenvalue weighted by atomic mass is 31.1. The molecule has 0 aromatic heterocycles. The van der Waals surface area contributed by atoms with Crippen LogP contribution >= 0.6 is 7.92 Å². The van der Waals surface area contributed by atoms with Crippen molar-refractivity contribution in [3.8, 4) is 0 Å². The first-order chi connectivity index (χ1) is 15.2. The molecule has 1 fully saturated rings. The molecule has 1 unspecified atom stereocenters. The lowest BCUT2D eigenvalue weighted by Gasteiger charge is -2.24. The lowest BCUT2D eigenvalue weighted by Crippen LogP contribution is -2.24. The molecule has 5 heteroatoms. The number of carbonyl (C=O) groups is 2. The van der Waals surface area contributed by atoms with E-state index < -0.39 is 7.92 Å². The van der Waals surface area contributed by atoms with Crippen LogP contribution in [0.4, 0.5) is 0 Å². The van der Waals surface area contributed by atoms with Gasteiger partial charge in [-0.15, -0.1) is 0 Å². The molecule has 3 rings (SSSR count). The van der Waals surface area contributed by atoms with Crippen LogP contribution in [0.3, 0.4) is 0 Å². The SMILES string of the molecule is Cc1cc(C)c(C(=O)P(CCOC2CCCCO2)C(=O)c2c(C)cc(C)cc2C)c(C)c1. The predicted octanol–water partition coefficient (Wildman–Crippen LogP) is 6.54. The van der Waals surface area contributed by atoms with Crippen molar-refractivity contribution < 1.29 is 19.1 Å². The van der Waals surface area contributed by atoms with Gasteiger partial charge in [0.05, 0.1) is 6.61 Å². The Morgan fingerprint density at radius 3 is 1.72 bits per heavy atom.